The number of aryl methyl sites for hydroxylation is 1. The minimum Gasteiger partial charge on any atom is -0.254 e. The number of allylic oxidation sites excluding steroid dienone is 5. The normalized spacial score (nSPS) is 16.4. The van der Waals surface area contributed by atoms with Crippen LogP contribution in [-0.4, -0.2) is 38.7 Å². The molecule has 0 spiro atoms. The molecule has 0 fully saturated rings. The summed E-state index contributed by atoms with van der Waals surface area (Å²) in [4.78, 5) is 4.21. The van der Waals surface area contributed by atoms with Crippen molar-refractivity contribution in [1.82, 2.24) is 9.73 Å². The van der Waals surface area contributed by atoms with E-state index >= 15 is 0 Å². The van der Waals surface area contributed by atoms with Gasteiger partial charge in [-0.15, -0.1) is 0 Å². The van der Waals surface area contributed by atoms with Crippen LogP contribution in [0.2, 0.25) is 5.02 Å². The van der Waals surface area contributed by atoms with Gasteiger partial charge in [-0.25, -0.2) is 18.1 Å². The van der Waals surface area contributed by atoms with E-state index in [9.17, 15) is 8.42 Å². The minimum absolute atomic E-state index is 0.114. The zero-order valence-electron chi connectivity index (χ0n) is 19.9. The lowest BCUT2D eigenvalue weighted by atomic mass is 9.99. The van der Waals surface area contributed by atoms with Gasteiger partial charge in [0.2, 0.25) is 5.96 Å². The number of nitrogens with one attached hydrogen (secondary N) is 1. The number of nitrogens with zero attached hydrogens (tertiary/aromatic N) is 3. The molecule has 0 aliphatic carbocycles. The van der Waals surface area contributed by atoms with Gasteiger partial charge in [-0.2, -0.15) is 5.10 Å². The highest BCUT2D eigenvalue weighted by molar-refractivity contribution is 7.90. The summed E-state index contributed by atoms with van der Waals surface area (Å²) in [5.74, 6) is 0.323. The van der Waals surface area contributed by atoms with E-state index in [-0.39, 0.29) is 16.8 Å². The zero-order chi connectivity index (χ0) is 25.1. The van der Waals surface area contributed by atoms with Gasteiger partial charge < -0.3 is 0 Å². The lowest BCUT2D eigenvalue weighted by molar-refractivity contribution is 0.445. The number of guanidine groups is 1. The summed E-state index contributed by atoms with van der Waals surface area (Å²) in [5.41, 5.74) is 3.10. The van der Waals surface area contributed by atoms with Gasteiger partial charge in [0, 0.05) is 18.0 Å². The summed E-state index contributed by atoms with van der Waals surface area (Å²) in [5, 5.41) is 6.67. The Balaban J connectivity index is 0.000000509. The Hall–Kier alpha value is -3.16. The van der Waals surface area contributed by atoms with Gasteiger partial charge in [-0.3, -0.25) is 4.99 Å². The summed E-state index contributed by atoms with van der Waals surface area (Å²) in [6.45, 7) is 10.1. The molecule has 0 saturated heterocycles. The summed E-state index contributed by atoms with van der Waals surface area (Å²) in [6, 6.07) is 14.1. The molecule has 0 aromatic heterocycles. The molecule has 1 aliphatic rings. The van der Waals surface area contributed by atoms with Crippen molar-refractivity contribution in [2.24, 2.45) is 16.0 Å². The lowest BCUT2D eigenvalue weighted by Gasteiger charge is -2.18. The van der Waals surface area contributed by atoms with Gasteiger partial charge in [0.25, 0.3) is 10.0 Å². The Labute approximate surface area is 208 Å². The highest BCUT2D eigenvalue weighted by Gasteiger charge is 2.29. The molecular weight excluding hydrogens is 468 g/mol. The molecule has 3 rings (SSSR count). The first kappa shape index (κ1) is 27.1. The van der Waals surface area contributed by atoms with Crippen molar-refractivity contribution in [2.45, 2.75) is 25.7 Å². The quantitative estimate of drug-likeness (QED) is 0.332. The summed E-state index contributed by atoms with van der Waals surface area (Å²) >= 11 is 5.83. The van der Waals surface area contributed by atoms with Crippen molar-refractivity contribution in [3.63, 3.8) is 0 Å². The van der Waals surface area contributed by atoms with Crippen molar-refractivity contribution < 1.29 is 8.42 Å². The molecule has 34 heavy (non-hydrogen) atoms. The summed E-state index contributed by atoms with van der Waals surface area (Å²) in [6.07, 6.45) is 9.51. The molecule has 1 aliphatic heterocycles. The first-order chi connectivity index (χ1) is 16.2. The third-order valence-electron chi connectivity index (χ3n) is 4.85. The molecule has 1 unspecified atom stereocenters. The molecule has 1 N–H and O–H groups in total. The molecule has 1 atom stereocenters. The molecule has 0 bridgehead atoms. The number of hydrogen-bond acceptors (Lipinski definition) is 4. The van der Waals surface area contributed by atoms with Gasteiger partial charge in [-0.05, 0) is 43.7 Å². The predicted octanol–water partition coefficient (Wildman–Crippen LogP) is 5.57. The van der Waals surface area contributed by atoms with Crippen molar-refractivity contribution in [1.29, 1.82) is 0 Å². The van der Waals surface area contributed by atoms with Crippen LogP contribution >= 0.6 is 11.6 Å². The Morgan fingerprint density at radius 3 is 2.35 bits per heavy atom. The molecule has 6 nitrogen and oxygen atoms in total. The maximum absolute atomic E-state index is 12.6. The number of sulfonamides is 1. The molecule has 1 heterocycles. The predicted molar refractivity (Wildman–Crippen MR) is 143 cm³/mol. The van der Waals surface area contributed by atoms with Crippen LogP contribution in [0.5, 0.6) is 0 Å². The smallest absolute Gasteiger partial charge is 0.254 e. The van der Waals surface area contributed by atoms with E-state index < -0.39 is 10.0 Å². The van der Waals surface area contributed by atoms with E-state index in [1.165, 1.54) is 36.9 Å². The largest absolute Gasteiger partial charge is 0.264 e. The standard InChI is InChI=1S/C19H21ClN4O2S.C7H10/c1-13-4-6-15(7-5-13)18-14(2)12-24(22-18)19(21-3)23-27(25,26)17-10-8-16(20)9-11-17;1-3-5-7-6-4-2/h4-11,14H,12H2,1-3H3,(H,21,23);3-7H,1H2,2H3/b;6-4-,7-5-. The fraction of sp³-hybridized carbons (Fsp3) is 0.231. The van der Waals surface area contributed by atoms with Gasteiger partial charge in [0.05, 0.1) is 17.2 Å². The first-order valence-electron chi connectivity index (χ1n) is 10.8. The number of aliphatic imine (C=N–C) groups is 1. The van der Waals surface area contributed by atoms with Crippen LogP contribution in [-0.2, 0) is 10.0 Å². The first-order valence-corrected chi connectivity index (χ1v) is 12.7. The van der Waals surface area contributed by atoms with Crippen LogP contribution in [0.1, 0.15) is 25.0 Å². The van der Waals surface area contributed by atoms with E-state index in [4.69, 9.17) is 11.6 Å². The monoisotopic (exact) mass is 498 g/mol. The van der Waals surface area contributed by atoms with Crippen molar-refractivity contribution in [3.8, 4) is 0 Å². The average molecular weight is 499 g/mol. The fourth-order valence-electron chi connectivity index (χ4n) is 3.08. The van der Waals surface area contributed by atoms with Crippen molar-refractivity contribution in [2.75, 3.05) is 13.6 Å². The number of halogens is 1. The van der Waals surface area contributed by atoms with Crippen molar-refractivity contribution >= 4 is 33.3 Å². The maximum atomic E-state index is 12.6. The third-order valence-corrected chi connectivity index (χ3v) is 6.44. The second-order valence-electron chi connectivity index (χ2n) is 7.59. The molecule has 2 aromatic carbocycles. The summed E-state index contributed by atoms with van der Waals surface area (Å²) < 4.78 is 27.8. The molecule has 0 saturated carbocycles. The van der Waals surface area contributed by atoms with Gasteiger partial charge >= 0.3 is 0 Å². The molecule has 8 heteroatoms. The third kappa shape index (κ3) is 7.71. The number of rotatable bonds is 5. The van der Waals surface area contributed by atoms with E-state index in [1.54, 1.807) is 11.1 Å². The zero-order valence-corrected chi connectivity index (χ0v) is 21.5. The number of hydrogen-bond donors (Lipinski definition) is 1. The second kappa shape index (κ2) is 12.9. The Morgan fingerprint density at radius 2 is 1.79 bits per heavy atom. The topological polar surface area (TPSA) is 74.1 Å². The average Bonchev–Trinajstić information content (AvgIpc) is 3.20. The Morgan fingerprint density at radius 1 is 1.15 bits per heavy atom. The molecule has 0 radical (unpaired) electrons. The van der Waals surface area contributed by atoms with Crippen LogP contribution in [0.3, 0.4) is 0 Å². The summed E-state index contributed by atoms with van der Waals surface area (Å²) in [7, 11) is -2.25. The minimum atomic E-state index is -3.78. The second-order valence-corrected chi connectivity index (χ2v) is 9.71. The Kier molecular flexibility index (Phi) is 10.3. The van der Waals surface area contributed by atoms with Gasteiger partial charge in [0.15, 0.2) is 0 Å². The SMILES string of the molecule is C=C/C=C\C=C/C.CN=C(NS(=O)(=O)c1ccc(Cl)cc1)N1CC(C)C(c2ccc(C)cc2)=N1. The molecular formula is C26H31ClN4O2S. The van der Waals surface area contributed by atoms with Gasteiger partial charge in [0.1, 0.15) is 0 Å². The highest BCUT2D eigenvalue weighted by Crippen LogP contribution is 2.21. The van der Waals surface area contributed by atoms with E-state index in [2.05, 4.69) is 28.3 Å². The number of hydrazone groups is 1. The van der Waals surface area contributed by atoms with Crippen molar-refractivity contribution in [3.05, 3.63) is 102 Å². The van der Waals surface area contributed by atoms with Crippen LogP contribution in [0.25, 0.3) is 0 Å². The van der Waals surface area contributed by atoms with Crippen LogP contribution in [0.4, 0.5) is 0 Å². The fourth-order valence-corrected chi connectivity index (χ4v) is 4.25. The van der Waals surface area contributed by atoms with E-state index in [0.717, 1.165) is 11.3 Å². The highest BCUT2D eigenvalue weighted by atomic mass is 35.5. The van der Waals surface area contributed by atoms with Gasteiger partial charge in [-0.1, -0.05) is 85.3 Å². The maximum Gasteiger partial charge on any atom is 0.264 e. The Bertz CT molecular complexity index is 1180. The van der Waals surface area contributed by atoms with E-state index in [0.29, 0.717) is 11.6 Å². The molecule has 2 aromatic rings. The number of benzene rings is 2. The van der Waals surface area contributed by atoms with Crippen LogP contribution in [0, 0.1) is 12.8 Å². The lowest BCUT2D eigenvalue weighted by Crippen LogP contribution is -2.41. The molecule has 180 valence electrons. The van der Waals surface area contributed by atoms with Crippen LogP contribution < -0.4 is 4.72 Å². The van der Waals surface area contributed by atoms with Crippen LogP contribution in [0.15, 0.2) is 100 Å². The molecule has 0 amide bonds. The van der Waals surface area contributed by atoms with E-state index in [1.807, 2.05) is 62.4 Å².